The molecule has 1 aromatic rings. The van der Waals surface area contributed by atoms with Crippen molar-refractivity contribution in [2.45, 2.75) is 19.9 Å². The first kappa shape index (κ1) is 12.6. The van der Waals surface area contributed by atoms with E-state index >= 15 is 0 Å². The lowest BCUT2D eigenvalue weighted by Crippen LogP contribution is -2.34. The molecule has 0 heterocycles. The Morgan fingerprint density at radius 1 is 1.47 bits per heavy atom. The predicted octanol–water partition coefficient (Wildman–Crippen LogP) is 3.13. The zero-order valence-electron chi connectivity index (χ0n) is 8.47. The third kappa shape index (κ3) is 4.29. The van der Waals surface area contributed by atoms with Crippen LogP contribution in [0.15, 0.2) is 18.2 Å². The van der Waals surface area contributed by atoms with Crippen molar-refractivity contribution in [1.82, 2.24) is 5.32 Å². The van der Waals surface area contributed by atoms with Crippen LogP contribution in [-0.2, 0) is 0 Å². The molecule has 0 aliphatic rings. The molecule has 15 heavy (non-hydrogen) atoms. The van der Waals surface area contributed by atoms with Gasteiger partial charge in [0, 0.05) is 9.61 Å². The molecule has 0 bridgehead atoms. The van der Waals surface area contributed by atoms with E-state index in [1.807, 2.05) is 13.8 Å². The maximum absolute atomic E-state index is 12.8. The summed E-state index contributed by atoms with van der Waals surface area (Å²) in [6.07, 6.45) is 0. The smallest absolute Gasteiger partial charge is 0.171 e. The summed E-state index contributed by atoms with van der Waals surface area (Å²) in [5.41, 5.74) is 0.815. The Hall–Kier alpha value is -0.430. The maximum Gasteiger partial charge on any atom is 0.171 e. The van der Waals surface area contributed by atoms with E-state index in [4.69, 9.17) is 12.2 Å². The lowest BCUT2D eigenvalue weighted by atomic mass is 10.3. The molecule has 1 rings (SSSR count). The average molecular weight is 338 g/mol. The van der Waals surface area contributed by atoms with Crippen molar-refractivity contribution in [2.75, 3.05) is 5.32 Å². The summed E-state index contributed by atoms with van der Waals surface area (Å²) in [5.74, 6) is -0.243. The van der Waals surface area contributed by atoms with Gasteiger partial charge in [-0.2, -0.15) is 0 Å². The molecular formula is C10H12FIN2S. The molecule has 0 saturated carbocycles. The fraction of sp³-hybridized carbons (Fsp3) is 0.300. The minimum atomic E-state index is -0.243. The molecule has 2 N–H and O–H groups in total. The van der Waals surface area contributed by atoms with Gasteiger partial charge in [0.25, 0.3) is 0 Å². The van der Waals surface area contributed by atoms with E-state index in [0.717, 1.165) is 9.26 Å². The number of rotatable bonds is 2. The molecule has 0 atom stereocenters. The van der Waals surface area contributed by atoms with Crippen LogP contribution in [0.3, 0.4) is 0 Å². The number of thiocarbonyl (C=S) groups is 1. The molecule has 82 valence electrons. The van der Waals surface area contributed by atoms with Crippen LogP contribution in [0.4, 0.5) is 10.1 Å². The summed E-state index contributed by atoms with van der Waals surface area (Å²) in [6.45, 7) is 4.01. The highest BCUT2D eigenvalue weighted by atomic mass is 127. The van der Waals surface area contributed by atoms with Gasteiger partial charge in [0.2, 0.25) is 0 Å². The second-order valence-corrected chi connectivity index (χ2v) is 4.95. The highest BCUT2D eigenvalue weighted by Gasteiger charge is 2.03. The van der Waals surface area contributed by atoms with Gasteiger partial charge in [-0.05, 0) is 66.9 Å². The molecular weight excluding hydrogens is 326 g/mol. The van der Waals surface area contributed by atoms with Gasteiger partial charge in [-0.3, -0.25) is 0 Å². The lowest BCUT2D eigenvalue weighted by Gasteiger charge is -2.14. The van der Waals surface area contributed by atoms with Gasteiger partial charge in [-0.1, -0.05) is 0 Å². The van der Waals surface area contributed by atoms with Crippen LogP contribution in [0.2, 0.25) is 0 Å². The first-order valence-electron chi connectivity index (χ1n) is 4.51. The quantitative estimate of drug-likeness (QED) is 0.640. The molecule has 0 spiro atoms. The van der Waals surface area contributed by atoms with E-state index in [1.165, 1.54) is 12.1 Å². The van der Waals surface area contributed by atoms with Crippen LogP contribution < -0.4 is 10.6 Å². The van der Waals surface area contributed by atoms with Crippen molar-refractivity contribution in [3.63, 3.8) is 0 Å². The number of nitrogens with one attached hydrogen (secondary N) is 2. The predicted molar refractivity (Wildman–Crippen MR) is 73.6 cm³/mol. The van der Waals surface area contributed by atoms with Crippen molar-refractivity contribution < 1.29 is 4.39 Å². The molecule has 0 amide bonds. The Morgan fingerprint density at radius 2 is 2.13 bits per heavy atom. The summed E-state index contributed by atoms with van der Waals surface area (Å²) in [4.78, 5) is 0. The first-order valence-corrected chi connectivity index (χ1v) is 6.00. The summed E-state index contributed by atoms with van der Waals surface area (Å²) >= 11 is 7.15. The molecule has 0 aromatic heterocycles. The van der Waals surface area contributed by atoms with Crippen molar-refractivity contribution in [3.05, 3.63) is 27.6 Å². The van der Waals surface area contributed by atoms with E-state index in [1.54, 1.807) is 6.07 Å². The van der Waals surface area contributed by atoms with Crippen LogP contribution in [0.1, 0.15) is 13.8 Å². The number of anilines is 1. The van der Waals surface area contributed by atoms with Crippen molar-refractivity contribution in [1.29, 1.82) is 0 Å². The highest BCUT2D eigenvalue weighted by Crippen LogP contribution is 2.18. The number of hydrogen-bond donors (Lipinski definition) is 2. The van der Waals surface area contributed by atoms with E-state index in [-0.39, 0.29) is 11.9 Å². The largest absolute Gasteiger partial charge is 0.360 e. The number of halogens is 2. The molecule has 0 fully saturated rings. The summed E-state index contributed by atoms with van der Waals surface area (Å²) in [5, 5.41) is 6.62. The summed E-state index contributed by atoms with van der Waals surface area (Å²) < 4.78 is 13.6. The Labute approximate surface area is 108 Å². The maximum atomic E-state index is 12.8. The van der Waals surface area contributed by atoms with Crippen molar-refractivity contribution >= 4 is 45.6 Å². The molecule has 5 heteroatoms. The zero-order chi connectivity index (χ0) is 11.4. The van der Waals surface area contributed by atoms with Gasteiger partial charge >= 0.3 is 0 Å². The van der Waals surface area contributed by atoms with Gasteiger partial charge in [-0.25, -0.2) is 4.39 Å². The Balaban J connectivity index is 2.68. The molecule has 0 aliphatic heterocycles. The van der Waals surface area contributed by atoms with Gasteiger partial charge in [0.15, 0.2) is 5.11 Å². The average Bonchev–Trinajstić information content (AvgIpc) is 2.08. The summed E-state index contributed by atoms with van der Waals surface area (Å²) in [6, 6.07) is 4.82. The first-order chi connectivity index (χ1) is 6.99. The van der Waals surface area contributed by atoms with Crippen LogP contribution in [-0.4, -0.2) is 11.2 Å². The minimum absolute atomic E-state index is 0.243. The van der Waals surface area contributed by atoms with Crippen LogP contribution >= 0.6 is 34.8 Å². The Kier molecular flexibility index (Phi) is 4.72. The van der Waals surface area contributed by atoms with E-state index in [9.17, 15) is 4.39 Å². The van der Waals surface area contributed by atoms with Crippen LogP contribution in [0.25, 0.3) is 0 Å². The van der Waals surface area contributed by atoms with Crippen LogP contribution in [0, 0.1) is 9.39 Å². The standard InChI is InChI=1S/C10H12FIN2S/c1-6(2)13-10(15)14-9-4-3-7(11)5-8(9)12/h3-6H,1-2H3,(H2,13,14,15). The number of benzene rings is 1. The zero-order valence-corrected chi connectivity index (χ0v) is 11.4. The number of hydrogen-bond acceptors (Lipinski definition) is 1. The molecule has 0 radical (unpaired) electrons. The van der Waals surface area contributed by atoms with E-state index in [2.05, 4.69) is 33.2 Å². The van der Waals surface area contributed by atoms with E-state index in [0.29, 0.717) is 5.11 Å². The fourth-order valence-corrected chi connectivity index (χ4v) is 1.97. The van der Waals surface area contributed by atoms with Gasteiger partial charge < -0.3 is 10.6 Å². The molecule has 0 saturated heterocycles. The Bertz CT molecular complexity index is 368. The van der Waals surface area contributed by atoms with Gasteiger partial charge in [0.1, 0.15) is 5.82 Å². The monoisotopic (exact) mass is 338 g/mol. The topological polar surface area (TPSA) is 24.1 Å². The normalized spacial score (nSPS) is 10.2. The second-order valence-electron chi connectivity index (χ2n) is 3.38. The van der Waals surface area contributed by atoms with Gasteiger partial charge in [-0.15, -0.1) is 0 Å². The fourth-order valence-electron chi connectivity index (χ4n) is 1.01. The minimum Gasteiger partial charge on any atom is -0.360 e. The molecule has 1 aromatic carbocycles. The third-order valence-electron chi connectivity index (χ3n) is 1.60. The van der Waals surface area contributed by atoms with Crippen molar-refractivity contribution in [2.24, 2.45) is 0 Å². The third-order valence-corrected chi connectivity index (χ3v) is 2.71. The molecule has 0 unspecified atom stereocenters. The summed E-state index contributed by atoms with van der Waals surface area (Å²) in [7, 11) is 0. The Morgan fingerprint density at radius 3 is 2.67 bits per heavy atom. The second kappa shape index (κ2) is 5.60. The molecule has 0 aliphatic carbocycles. The highest BCUT2D eigenvalue weighted by molar-refractivity contribution is 14.1. The SMILES string of the molecule is CC(C)NC(=S)Nc1ccc(F)cc1I. The lowest BCUT2D eigenvalue weighted by molar-refractivity contribution is 0.627. The van der Waals surface area contributed by atoms with Crippen LogP contribution in [0.5, 0.6) is 0 Å². The van der Waals surface area contributed by atoms with Crippen molar-refractivity contribution in [3.8, 4) is 0 Å². The van der Waals surface area contributed by atoms with Gasteiger partial charge in [0.05, 0.1) is 5.69 Å². The molecule has 2 nitrogen and oxygen atoms in total. The van der Waals surface area contributed by atoms with E-state index < -0.39 is 0 Å².